The van der Waals surface area contributed by atoms with Crippen LogP contribution in [0.4, 0.5) is 0 Å². The van der Waals surface area contributed by atoms with Gasteiger partial charge in [0.2, 0.25) is 0 Å². The van der Waals surface area contributed by atoms with Crippen LogP contribution in [0.2, 0.25) is 0 Å². The highest BCUT2D eigenvalue weighted by Gasteiger charge is 2.26. The zero-order chi connectivity index (χ0) is 13.2. The van der Waals surface area contributed by atoms with Crippen molar-refractivity contribution >= 4 is 12.0 Å². The average molecular weight is 250 g/mol. The van der Waals surface area contributed by atoms with Gasteiger partial charge >= 0.3 is 0 Å². The molecule has 0 amide bonds. The van der Waals surface area contributed by atoms with Crippen LogP contribution < -0.4 is 4.74 Å². The Labute approximate surface area is 112 Å². The van der Waals surface area contributed by atoms with Gasteiger partial charge < -0.3 is 9.53 Å². The van der Waals surface area contributed by atoms with Crippen LogP contribution in [0.25, 0.3) is 5.76 Å². The lowest BCUT2D eigenvalue weighted by Crippen LogP contribution is -2.14. The fraction of sp³-hybridized carbons (Fsp3) is 0.118. The third kappa shape index (κ3) is 1.95. The minimum Gasteiger partial charge on any atom is -0.456 e. The standard InChI is InChI=1S/C17H14O2/c1-12-15(11-18)14-9-5-6-10-16(14)19-17(12)13-7-3-2-4-8-13/h2-11,15H,1H3. The van der Waals surface area contributed by atoms with Crippen molar-refractivity contribution < 1.29 is 9.53 Å². The van der Waals surface area contributed by atoms with E-state index in [1.165, 1.54) is 0 Å². The molecule has 0 bridgehead atoms. The predicted molar refractivity (Wildman–Crippen MR) is 74.9 cm³/mol. The molecule has 0 aliphatic carbocycles. The quantitative estimate of drug-likeness (QED) is 0.758. The number of hydrogen-bond donors (Lipinski definition) is 0. The molecule has 0 saturated heterocycles. The van der Waals surface area contributed by atoms with Crippen LogP contribution in [0.15, 0.2) is 60.2 Å². The number of hydrogen-bond acceptors (Lipinski definition) is 2. The molecule has 0 N–H and O–H groups in total. The van der Waals surface area contributed by atoms with Gasteiger partial charge in [-0.3, -0.25) is 0 Å². The smallest absolute Gasteiger partial charge is 0.134 e. The molecule has 2 heteroatoms. The van der Waals surface area contributed by atoms with Crippen LogP contribution >= 0.6 is 0 Å². The summed E-state index contributed by atoms with van der Waals surface area (Å²) in [6, 6.07) is 17.6. The number of allylic oxidation sites excluding steroid dienone is 1. The second kappa shape index (κ2) is 4.73. The zero-order valence-corrected chi connectivity index (χ0v) is 10.7. The van der Waals surface area contributed by atoms with Gasteiger partial charge in [0.05, 0.1) is 5.92 Å². The van der Waals surface area contributed by atoms with E-state index in [4.69, 9.17) is 4.74 Å². The molecule has 2 aromatic carbocycles. The molecule has 0 spiro atoms. The highest BCUT2D eigenvalue weighted by atomic mass is 16.5. The number of para-hydroxylation sites is 1. The van der Waals surface area contributed by atoms with Crippen molar-refractivity contribution in [2.45, 2.75) is 12.8 Å². The monoisotopic (exact) mass is 250 g/mol. The highest BCUT2D eigenvalue weighted by molar-refractivity contribution is 5.79. The molecule has 0 radical (unpaired) electrons. The van der Waals surface area contributed by atoms with Crippen LogP contribution in [-0.2, 0) is 4.79 Å². The lowest BCUT2D eigenvalue weighted by molar-refractivity contribution is -0.108. The summed E-state index contributed by atoms with van der Waals surface area (Å²) < 4.78 is 5.98. The third-order valence-corrected chi connectivity index (χ3v) is 3.46. The first-order valence-electron chi connectivity index (χ1n) is 6.29. The Morgan fingerprint density at radius 1 is 1.00 bits per heavy atom. The van der Waals surface area contributed by atoms with Crippen LogP contribution in [0.5, 0.6) is 5.75 Å². The van der Waals surface area contributed by atoms with E-state index in [-0.39, 0.29) is 5.92 Å². The molecular formula is C17H14O2. The second-order valence-corrected chi connectivity index (χ2v) is 4.63. The Balaban J connectivity index is 2.15. The van der Waals surface area contributed by atoms with Gasteiger partial charge in [-0.15, -0.1) is 0 Å². The minimum atomic E-state index is -0.222. The first-order chi connectivity index (χ1) is 9.31. The van der Waals surface area contributed by atoms with Crippen LogP contribution in [0, 0.1) is 0 Å². The van der Waals surface area contributed by atoms with Gasteiger partial charge in [-0.1, -0.05) is 48.5 Å². The van der Waals surface area contributed by atoms with Gasteiger partial charge in [0, 0.05) is 11.1 Å². The van der Waals surface area contributed by atoms with E-state index in [2.05, 4.69) is 0 Å². The van der Waals surface area contributed by atoms with Crippen LogP contribution in [0.1, 0.15) is 24.0 Å². The Kier molecular flexibility index (Phi) is 2.92. The van der Waals surface area contributed by atoms with Gasteiger partial charge in [0.25, 0.3) is 0 Å². The molecule has 1 unspecified atom stereocenters. The zero-order valence-electron chi connectivity index (χ0n) is 10.7. The Morgan fingerprint density at radius 3 is 2.42 bits per heavy atom. The molecule has 1 aliphatic rings. The number of ether oxygens (including phenoxy) is 1. The normalized spacial score (nSPS) is 17.6. The molecule has 1 aliphatic heterocycles. The summed E-state index contributed by atoms with van der Waals surface area (Å²) in [5, 5.41) is 0. The van der Waals surface area contributed by atoms with Crippen LogP contribution in [-0.4, -0.2) is 6.29 Å². The topological polar surface area (TPSA) is 26.3 Å². The van der Waals surface area contributed by atoms with Gasteiger partial charge in [-0.2, -0.15) is 0 Å². The van der Waals surface area contributed by atoms with E-state index < -0.39 is 0 Å². The lowest BCUT2D eigenvalue weighted by Gasteiger charge is -2.26. The van der Waals surface area contributed by atoms with E-state index in [1.54, 1.807) is 0 Å². The number of rotatable bonds is 2. The molecule has 94 valence electrons. The Hall–Kier alpha value is -2.35. The average Bonchev–Trinajstić information content (AvgIpc) is 2.47. The van der Waals surface area contributed by atoms with E-state index in [0.29, 0.717) is 0 Å². The maximum absolute atomic E-state index is 11.4. The van der Waals surface area contributed by atoms with Gasteiger partial charge in [0.1, 0.15) is 17.8 Å². The first-order valence-corrected chi connectivity index (χ1v) is 6.29. The maximum Gasteiger partial charge on any atom is 0.134 e. The molecule has 3 rings (SSSR count). The highest BCUT2D eigenvalue weighted by Crippen LogP contribution is 2.40. The number of benzene rings is 2. The lowest BCUT2D eigenvalue weighted by atomic mass is 9.88. The fourth-order valence-electron chi connectivity index (χ4n) is 2.45. The number of carbonyl (C=O) groups is 1. The Morgan fingerprint density at radius 2 is 1.68 bits per heavy atom. The first kappa shape index (κ1) is 11.7. The number of carbonyl (C=O) groups excluding carboxylic acids is 1. The van der Waals surface area contributed by atoms with E-state index in [0.717, 1.165) is 34.5 Å². The third-order valence-electron chi connectivity index (χ3n) is 3.46. The molecule has 0 aromatic heterocycles. The molecule has 1 atom stereocenters. The number of aldehydes is 1. The van der Waals surface area contributed by atoms with Crippen molar-refractivity contribution in [1.29, 1.82) is 0 Å². The molecule has 2 aromatic rings. The van der Waals surface area contributed by atoms with Crippen molar-refractivity contribution in [3.05, 3.63) is 71.3 Å². The largest absolute Gasteiger partial charge is 0.456 e. The van der Waals surface area contributed by atoms with Crippen molar-refractivity contribution in [3.8, 4) is 5.75 Å². The molecule has 1 heterocycles. The number of fused-ring (bicyclic) bond motifs is 1. The van der Waals surface area contributed by atoms with Gasteiger partial charge in [-0.05, 0) is 18.6 Å². The predicted octanol–water partition coefficient (Wildman–Crippen LogP) is 3.79. The molecule has 19 heavy (non-hydrogen) atoms. The minimum absolute atomic E-state index is 0.222. The van der Waals surface area contributed by atoms with Crippen molar-refractivity contribution in [1.82, 2.24) is 0 Å². The summed E-state index contributed by atoms with van der Waals surface area (Å²) in [5.74, 6) is 1.33. The molecular weight excluding hydrogens is 236 g/mol. The SMILES string of the molecule is CC1=C(c2ccccc2)Oc2ccccc2C1C=O. The molecule has 2 nitrogen and oxygen atoms in total. The second-order valence-electron chi connectivity index (χ2n) is 4.63. The molecule has 0 fully saturated rings. The summed E-state index contributed by atoms with van der Waals surface area (Å²) in [4.78, 5) is 11.4. The van der Waals surface area contributed by atoms with Crippen molar-refractivity contribution in [2.75, 3.05) is 0 Å². The summed E-state index contributed by atoms with van der Waals surface area (Å²) >= 11 is 0. The summed E-state index contributed by atoms with van der Waals surface area (Å²) in [6.07, 6.45) is 0.986. The fourth-order valence-corrected chi connectivity index (χ4v) is 2.45. The summed E-state index contributed by atoms with van der Waals surface area (Å²) in [7, 11) is 0. The Bertz CT molecular complexity index is 641. The van der Waals surface area contributed by atoms with Gasteiger partial charge in [0.15, 0.2) is 0 Å². The van der Waals surface area contributed by atoms with E-state index in [9.17, 15) is 4.79 Å². The van der Waals surface area contributed by atoms with Crippen molar-refractivity contribution in [2.24, 2.45) is 0 Å². The maximum atomic E-state index is 11.4. The van der Waals surface area contributed by atoms with Gasteiger partial charge in [-0.25, -0.2) is 0 Å². The van der Waals surface area contributed by atoms with E-state index in [1.807, 2.05) is 61.5 Å². The molecule has 0 saturated carbocycles. The summed E-state index contributed by atoms with van der Waals surface area (Å²) in [5.41, 5.74) is 2.90. The van der Waals surface area contributed by atoms with Crippen LogP contribution in [0.3, 0.4) is 0 Å². The summed E-state index contributed by atoms with van der Waals surface area (Å²) in [6.45, 7) is 1.96. The van der Waals surface area contributed by atoms with E-state index >= 15 is 0 Å². The van der Waals surface area contributed by atoms with Crippen molar-refractivity contribution in [3.63, 3.8) is 0 Å².